The third-order valence-corrected chi connectivity index (χ3v) is 4.33. The van der Waals surface area contributed by atoms with Gasteiger partial charge in [0.05, 0.1) is 0 Å². The van der Waals surface area contributed by atoms with Gasteiger partial charge in [0, 0.05) is 18.8 Å². The van der Waals surface area contributed by atoms with E-state index in [0.29, 0.717) is 5.41 Å². The number of hydrogen-bond donors (Lipinski definition) is 1. The van der Waals surface area contributed by atoms with Crippen LogP contribution in [0.4, 0.5) is 5.69 Å². The molecule has 2 rings (SSSR count). The summed E-state index contributed by atoms with van der Waals surface area (Å²) >= 11 is 4.49. The van der Waals surface area contributed by atoms with Gasteiger partial charge in [0.25, 0.3) is 0 Å². The van der Waals surface area contributed by atoms with Crippen molar-refractivity contribution >= 4 is 18.3 Å². The Morgan fingerprint density at radius 3 is 2.50 bits per heavy atom. The van der Waals surface area contributed by atoms with Gasteiger partial charge in [0.1, 0.15) is 0 Å². The van der Waals surface area contributed by atoms with Crippen LogP contribution in [0.3, 0.4) is 0 Å². The highest BCUT2D eigenvalue weighted by Crippen LogP contribution is 2.47. The zero-order valence-corrected chi connectivity index (χ0v) is 11.1. The number of thiol groups is 1. The number of aryl methyl sites for hydroxylation is 1. The van der Waals surface area contributed by atoms with Gasteiger partial charge in [-0.05, 0) is 49.5 Å². The summed E-state index contributed by atoms with van der Waals surface area (Å²) in [7, 11) is 0. The molecule has 1 aliphatic rings. The van der Waals surface area contributed by atoms with E-state index >= 15 is 0 Å². The van der Waals surface area contributed by atoms with Crippen molar-refractivity contribution in [2.45, 2.75) is 26.7 Å². The first kappa shape index (κ1) is 11.8. The molecule has 0 radical (unpaired) electrons. The fraction of sp³-hybridized carbons (Fsp3) is 0.571. The summed E-state index contributed by atoms with van der Waals surface area (Å²) in [6.07, 6.45) is 2.69. The first-order chi connectivity index (χ1) is 7.71. The molecule has 0 spiro atoms. The Hall–Kier alpha value is -0.630. The number of para-hydroxylation sites is 1. The maximum Gasteiger partial charge on any atom is 0.0396 e. The molecule has 88 valence electrons. The van der Waals surface area contributed by atoms with Crippen molar-refractivity contribution in [1.82, 2.24) is 0 Å². The molecule has 0 amide bonds. The zero-order valence-electron chi connectivity index (χ0n) is 10.2. The molecular formula is C14H21NS. The lowest BCUT2D eigenvalue weighted by Gasteiger charge is -2.29. The Kier molecular flexibility index (Phi) is 3.48. The summed E-state index contributed by atoms with van der Waals surface area (Å²) in [5.41, 5.74) is 3.26. The molecule has 2 heteroatoms. The van der Waals surface area contributed by atoms with Gasteiger partial charge >= 0.3 is 0 Å². The predicted octanol–water partition coefficient (Wildman–Crippen LogP) is 3.53. The highest BCUT2D eigenvalue weighted by atomic mass is 32.1. The minimum absolute atomic E-state index is 0.501. The Morgan fingerprint density at radius 1 is 1.31 bits per heavy atom. The van der Waals surface area contributed by atoms with Crippen LogP contribution in [0.15, 0.2) is 24.3 Å². The number of rotatable bonds is 5. The number of anilines is 1. The molecule has 1 nitrogen and oxygen atoms in total. The number of benzene rings is 1. The summed E-state index contributed by atoms with van der Waals surface area (Å²) in [6.45, 7) is 6.68. The van der Waals surface area contributed by atoms with Crippen molar-refractivity contribution in [2.24, 2.45) is 5.41 Å². The molecule has 0 aliphatic heterocycles. The summed E-state index contributed by atoms with van der Waals surface area (Å²) in [5, 5.41) is 0. The molecule has 0 heterocycles. The maximum absolute atomic E-state index is 4.49. The molecule has 1 aromatic rings. The molecule has 0 aromatic heterocycles. The van der Waals surface area contributed by atoms with Gasteiger partial charge in [-0.3, -0.25) is 0 Å². The Labute approximate surface area is 104 Å². The molecule has 16 heavy (non-hydrogen) atoms. The molecule has 0 atom stereocenters. The predicted molar refractivity (Wildman–Crippen MR) is 74.6 cm³/mol. The minimum atomic E-state index is 0.501. The third kappa shape index (κ3) is 2.37. The van der Waals surface area contributed by atoms with E-state index in [2.05, 4.69) is 55.6 Å². The Balaban J connectivity index is 2.14. The second kappa shape index (κ2) is 4.70. The quantitative estimate of drug-likeness (QED) is 0.764. The fourth-order valence-electron chi connectivity index (χ4n) is 2.23. The number of hydrogen-bond acceptors (Lipinski definition) is 2. The van der Waals surface area contributed by atoms with Gasteiger partial charge in [-0.1, -0.05) is 18.2 Å². The van der Waals surface area contributed by atoms with Crippen molar-refractivity contribution in [3.05, 3.63) is 29.8 Å². The molecular weight excluding hydrogens is 214 g/mol. The maximum atomic E-state index is 4.49. The average molecular weight is 235 g/mol. The molecule has 0 bridgehead atoms. The fourth-order valence-corrected chi connectivity index (χ4v) is 2.65. The van der Waals surface area contributed by atoms with E-state index in [1.165, 1.54) is 24.1 Å². The second-order valence-corrected chi connectivity index (χ2v) is 5.28. The van der Waals surface area contributed by atoms with Crippen molar-refractivity contribution in [3.63, 3.8) is 0 Å². The molecule has 0 unspecified atom stereocenters. The molecule has 0 saturated heterocycles. The highest BCUT2D eigenvalue weighted by Gasteiger charge is 2.42. The van der Waals surface area contributed by atoms with Crippen LogP contribution in [0.5, 0.6) is 0 Å². The lowest BCUT2D eigenvalue weighted by molar-refractivity contribution is 0.565. The largest absolute Gasteiger partial charge is 0.371 e. The van der Waals surface area contributed by atoms with Crippen LogP contribution in [-0.4, -0.2) is 18.8 Å². The van der Waals surface area contributed by atoms with Gasteiger partial charge in [-0.15, -0.1) is 0 Å². The van der Waals surface area contributed by atoms with Gasteiger partial charge in [-0.2, -0.15) is 12.6 Å². The summed E-state index contributed by atoms with van der Waals surface area (Å²) < 4.78 is 0. The van der Waals surface area contributed by atoms with Crippen LogP contribution in [0.2, 0.25) is 0 Å². The lowest BCUT2D eigenvalue weighted by Crippen LogP contribution is -2.31. The van der Waals surface area contributed by atoms with E-state index in [9.17, 15) is 0 Å². The molecule has 1 aromatic carbocycles. The van der Waals surface area contributed by atoms with E-state index < -0.39 is 0 Å². The van der Waals surface area contributed by atoms with E-state index in [0.717, 1.165) is 18.8 Å². The van der Waals surface area contributed by atoms with Crippen LogP contribution in [0.25, 0.3) is 0 Å². The van der Waals surface area contributed by atoms with Gasteiger partial charge in [0.15, 0.2) is 0 Å². The van der Waals surface area contributed by atoms with Crippen molar-refractivity contribution in [1.29, 1.82) is 0 Å². The second-order valence-electron chi connectivity index (χ2n) is 4.96. The first-order valence-electron chi connectivity index (χ1n) is 6.12. The average Bonchev–Trinajstić information content (AvgIpc) is 3.08. The lowest BCUT2D eigenvalue weighted by atomic mass is 10.1. The topological polar surface area (TPSA) is 3.24 Å². The summed E-state index contributed by atoms with van der Waals surface area (Å²) in [4.78, 5) is 2.50. The first-order valence-corrected chi connectivity index (χ1v) is 6.75. The highest BCUT2D eigenvalue weighted by molar-refractivity contribution is 7.80. The van der Waals surface area contributed by atoms with E-state index in [-0.39, 0.29) is 0 Å². The van der Waals surface area contributed by atoms with Crippen LogP contribution < -0.4 is 4.90 Å². The smallest absolute Gasteiger partial charge is 0.0396 e. The van der Waals surface area contributed by atoms with Gasteiger partial charge < -0.3 is 4.90 Å². The van der Waals surface area contributed by atoms with Crippen LogP contribution in [0.1, 0.15) is 25.3 Å². The number of nitrogens with zero attached hydrogens (tertiary/aromatic N) is 1. The molecule has 0 N–H and O–H groups in total. The van der Waals surface area contributed by atoms with Crippen molar-refractivity contribution < 1.29 is 0 Å². The SMILES string of the molecule is CCN(CC1(CS)CC1)c1ccccc1C. The standard InChI is InChI=1S/C14H21NS/c1-3-15(10-14(11-16)8-9-14)13-7-5-4-6-12(13)2/h4-7,16H,3,8-11H2,1-2H3. The van der Waals surface area contributed by atoms with Crippen LogP contribution >= 0.6 is 12.6 Å². The molecule has 1 saturated carbocycles. The normalized spacial score (nSPS) is 17.2. The summed E-state index contributed by atoms with van der Waals surface area (Å²) in [5.74, 6) is 1.02. The molecule has 1 fully saturated rings. The summed E-state index contributed by atoms with van der Waals surface area (Å²) in [6, 6.07) is 8.66. The monoisotopic (exact) mass is 235 g/mol. The van der Waals surface area contributed by atoms with E-state index in [1.54, 1.807) is 0 Å². The van der Waals surface area contributed by atoms with Crippen molar-refractivity contribution in [3.8, 4) is 0 Å². The van der Waals surface area contributed by atoms with E-state index in [1.807, 2.05) is 0 Å². The minimum Gasteiger partial charge on any atom is -0.371 e. The molecule has 1 aliphatic carbocycles. The van der Waals surface area contributed by atoms with Crippen molar-refractivity contribution in [2.75, 3.05) is 23.7 Å². The van der Waals surface area contributed by atoms with Gasteiger partial charge in [-0.25, -0.2) is 0 Å². The third-order valence-electron chi connectivity index (χ3n) is 3.66. The van der Waals surface area contributed by atoms with Crippen LogP contribution in [0, 0.1) is 12.3 Å². The van der Waals surface area contributed by atoms with Gasteiger partial charge in [0.2, 0.25) is 0 Å². The van der Waals surface area contributed by atoms with Crippen LogP contribution in [-0.2, 0) is 0 Å². The Morgan fingerprint density at radius 2 is 2.00 bits per heavy atom. The van der Waals surface area contributed by atoms with E-state index in [4.69, 9.17) is 0 Å². The zero-order chi connectivity index (χ0) is 11.6. The Bertz CT molecular complexity index is 358.